The van der Waals surface area contributed by atoms with E-state index in [0.29, 0.717) is 0 Å². The fourth-order valence-electron chi connectivity index (χ4n) is 1.31. The quantitative estimate of drug-likeness (QED) is 0.479. The molecule has 0 fully saturated rings. The number of hydrogen-bond acceptors (Lipinski definition) is 5. The van der Waals surface area contributed by atoms with E-state index in [1.54, 1.807) is 25.4 Å². The van der Waals surface area contributed by atoms with Gasteiger partial charge in [0, 0.05) is 22.0 Å². The van der Waals surface area contributed by atoms with E-state index in [2.05, 4.69) is 32.6 Å². The molecule has 1 aromatic heterocycles. The van der Waals surface area contributed by atoms with Crippen molar-refractivity contribution in [2.24, 2.45) is 0 Å². The first-order valence-electron chi connectivity index (χ1n) is 4.96. The second-order valence-electron chi connectivity index (χ2n) is 3.51. The predicted molar refractivity (Wildman–Crippen MR) is 72.7 cm³/mol. The number of halogens is 1. The molecule has 2 aromatic rings. The zero-order chi connectivity index (χ0) is 13.1. The van der Waals surface area contributed by atoms with E-state index >= 15 is 0 Å². The molecule has 0 aliphatic heterocycles. The van der Waals surface area contributed by atoms with E-state index in [1.807, 2.05) is 0 Å². The van der Waals surface area contributed by atoms with E-state index in [1.165, 1.54) is 12.1 Å². The molecule has 0 amide bonds. The maximum Gasteiger partial charge on any atom is 0.322 e. The molecule has 92 valence electrons. The SMILES string of the molecule is Cc1ccc(Oc2ncc(I)cn2)c([N+](=O)[O-])c1. The van der Waals surface area contributed by atoms with Gasteiger partial charge in [0.25, 0.3) is 0 Å². The molecule has 0 saturated carbocycles. The number of nitro benzene ring substituents is 1. The van der Waals surface area contributed by atoms with Crippen molar-refractivity contribution < 1.29 is 9.66 Å². The number of hydrogen-bond donors (Lipinski definition) is 0. The Hall–Kier alpha value is -1.77. The average Bonchev–Trinajstić information content (AvgIpc) is 2.34. The van der Waals surface area contributed by atoms with Crippen LogP contribution in [0.4, 0.5) is 5.69 Å². The van der Waals surface area contributed by atoms with Crippen molar-refractivity contribution in [2.45, 2.75) is 6.92 Å². The highest BCUT2D eigenvalue weighted by Crippen LogP contribution is 2.30. The van der Waals surface area contributed by atoms with Gasteiger partial charge in [-0.3, -0.25) is 10.1 Å². The summed E-state index contributed by atoms with van der Waals surface area (Å²) in [6.45, 7) is 1.78. The lowest BCUT2D eigenvalue weighted by molar-refractivity contribution is -0.385. The monoisotopic (exact) mass is 357 g/mol. The molecule has 6 nitrogen and oxygen atoms in total. The van der Waals surface area contributed by atoms with Gasteiger partial charge < -0.3 is 4.74 Å². The van der Waals surface area contributed by atoms with Gasteiger partial charge in [-0.05, 0) is 41.1 Å². The van der Waals surface area contributed by atoms with E-state index in [0.717, 1.165) is 9.13 Å². The summed E-state index contributed by atoms with van der Waals surface area (Å²) >= 11 is 2.06. The molecular formula is C11H8IN3O3. The fourth-order valence-corrected chi connectivity index (χ4v) is 1.59. The Bertz CT molecular complexity index is 587. The van der Waals surface area contributed by atoms with Gasteiger partial charge in [0.15, 0.2) is 0 Å². The van der Waals surface area contributed by atoms with Gasteiger partial charge in [0.2, 0.25) is 5.75 Å². The molecule has 0 bridgehead atoms. The largest absolute Gasteiger partial charge is 0.417 e. The first kappa shape index (κ1) is 12.7. The van der Waals surface area contributed by atoms with Gasteiger partial charge in [-0.1, -0.05) is 6.07 Å². The molecule has 18 heavy (non-hydrogen) atoms. The second kappa shape index (κ2) is 5.25. The molecule has 1 aromatic carbocycles. The number of aromatic nitrogens is 2. The lowest BCUT2D eigenvalue weighted by atomic mass is 10.2. The molecule has 0 N–H and O–H groups in total. The van der Waals surface area contributed by atoms with Gasteiger partial charge in [0.05, 0.1) is 4.92 Å². The topological polar surface area (TPSA) is 78.2 Å². The molecule has 0 unspecified atom stereocenters. The van der Waals surface area contributed by atoms with Crippen molar-refractivity contribution in [1.29, 1.82) is 0 Å². The summed E-state index contributed by atoms with van der Waals surface area (Å²) in [5, 5.41) is 10.9. The van der Waals surface area contributed by atoms with Gasteiger partial charge in [-0.2, -0.15) is 0 Å². The van der Waals surface area contributed by atoms with Crippen molar-refractivity contribution in [1.82, 2.24) is 9.97 Å². The number of rotatable bonds is 3. The van der Waals surface area contributed by atoms with Crippen LogP contribution in [0.15, 0.2) is 30.6 Å². The minimum absolute atomic E-state index is 0.0855. The number of benzene rings is 1. The van der Waals surface area contributed by atoms with Gasteiger partial charge >= 0.3 is 11.7 Å². The Morgan fingerprint density at radius 2 is 2.00 bits per heavy atom. The Morgan fingerprint density at radius 1 is 1.33 bits per heavy atom. The first-order valence-corrected chi connectivity index (χ1v) is 6.04. The average molecular weight is 357 g/mol. The number of nitro groups is 1. The molecule has 7 heteroatoms. The summed E-state index contributed by atoms with van der Waals surface area (Å²) in [5.74, 6) is 0.131. The van der Waals surface area contributed by atoms with Crippen LogP contribution in [-0.2, 0) is 0 Å². The van der Waals surface area contributed by atoms with Crippen LogP contribution in [0, 0.1) is 20.6 Å². The maximum atomic E-state index is 10.9. The minimum Gasteiger partial charge on any atom is -0.417 e. The van der Waals surface area contributed by atoms with E-state index in [-0.39, 0.29) is 17.4 Å². The molecule has 0 radical (unpaired) electrons. The Morgan fingerprint density at radius 3 is 2.61 bits per heavy atom. The highest BCUT2D eigenvalue weighted by atomic mass is 127. The Labute approximate surface area is 116 Å². The maximum absolute atomic E-state index is 10.9. The molecule has 2 rings (SSSR count). The third-order valence-electron chi connectivity index (χ3n) is 2.11. The lowest BCUT2D eigenvalue weighted by Gasteiger charge is -2.04. The molecule has 0 aliphatic rings. The summed E-state index contributed by atoms with van der Waals surface area (Å²) in [5.41, 5.74) is 0.690. The smallest absolute Gasteiger partial charge is 0.322 e. The van der Waals surface area contributed by atoms with Crippen LogP contribution in [0.2, 0.25) is 0 Å². The Balaban J connectivity index is 2.34. The van der Waals surface area contributed by atoms with Crippen LogP contribution in [-0.4, -0.2) is 14.9 Å². The van der Waals surface area contributed by atoms with Crippen LogP contribution in [0.5, 0.6) is 11.8 Å². The van der Waals surface area contributed by atoms with Gasteiger partial charge in [-0.25, -0.2) is 9.97 Å². The zero-order valence-electron chi connectivity index (χ0n) is 9.33. The van der Waals surface area contributed by atoms with Crippen molar-refractivity contribution in [3.8, 4) is 11.8 Å². The zero-order valence-corrected chi connectivity index (χ0v) is 11.5. The third kappa shape index (κ3) is 2.92. The molecule has 0 aliphatic carbocycles. The fraction of sp³-hybridized carbons (Fsp3) is 0.0909. The van der Waals surface area contributed by atoms with Crippen LogP contribution >= 0.6 is 22.6 Å². The number of nitrogens with zero attached hydrogens (tertiary/aromatic N) is 3. The third-order valence-corrected chi connectivity index (χ3v) is 2.67. The van der Waals surface area contributed by atoms with E-state index < -0.39 is 4.92 Å². The molecular weight excluding hydrogens is 349 g/mol. The summed E-state index contributed by atoms with van der Waals surface area (Å²) in [7, 11) is 0. The second-order valence-corrected chi connectivity index (χ2v) is 4.76. The van der Waals surface area contributed by atoms with Crippen molar-refractivity contribution in [3.63, 3.8) is 0 Å². The summed E-state index contributed by atoms with van der Waals surface area (Å²) < 4.78 is 6.17. The first-order chi connectivity index (χ1) is 8.56. The summed E-state index contributed by atoms with van der Waals surface area (Å²) in [6, 6.07) is 4.80. The Kier molecular flexibility index (Phi) is 3.70. The lowest BCUT2D eigenvalue weighted by Crippen LogP contribution is -1.96. The van der Waals surface area contributed by atoms with Crippen LogP contribution in [0.25, 0.3) is 0 Å². The van der Waals surface area contributed by atoms with E-state index in [9.17, 15) is 10.1 Å². The predicted octanol–water partition coefficient (Wildman–Crippen LogP) is 3.09. The molecule has 0 spiro atoms. The molecule has 0 atom stereocenters. The highest BCUT2D eigenvalue weighted by Gasteiger charge is 2.16. The summed E-state index contributed by atoms with van der Waals surface area (Å²) in [6.07, 6.45) is 3.14. The standard InChI is InChI=1S/C11H8IN3O3/c1-7-2-3-10(9(4-7)15(16)17)18-11-13-5-8(12)6-14-11/h2-6H,1H3. The normalized spacial score (nSPS) is 10.1. The van der Waals surface area contributed by atoms with Crippen molar-refractivity contribution in [2.75, 3.05) is 0 Å². The summed E-state index contributed by atoms with van der Waals surface area (Å²) in [4.78, 5) is 18.3. The van der Waals surface area contributed by atoms with Crippen LogP contribution in [0.1, 0.15) is 5.56 Å². The molecule has 0 saturated heterocycles. The molecule has 1 heterocycles. The van der Waals surface area contributed by atoms with Crippen LogP contribution < -0.4 is 4.74 Å². The van der Waals surface area contributed by atoms with Crippen molar-refractivity contribution in [3.05, 3.63) is 49.8 Å². The minimum atomic E-state index is -0.491. The van der Waals surface area contributed by atoms with Crippen molar-refractivity contribution >= 4 is 28.3 Å². The van der Waals surface area contributed by atoms with Gasteiger partial charge in [-0.15, -0.1) is 0 Å². The van der Waals surface area contributed by atoms with E-state index in [4.69, 9.17) is 4.74 Å². The highest BCUT2D eigenvalue weighted by molar-refractivity contribution is 14.1. The van der Waals surface area contributed by atoms with Crippen LogP contribution in [0.3, 0.4) is 0 Å². The number of ether oxygens (including phenoxy) is 1. The number of aryl methyl sites for hydroxylation is 1. The van der Waals surface area contributed by atoms with Gasteiger partial charge in [0.1, 0.15) is 0 Å².